The molecular formula is C10H14N2O2S. The SMILES string of the molecule is CCSc1noc2c1CN(C(C)=O)CC2. The molecular weight excluding hydrogens is 212 g/mol. The Hall–Kier alpha value is -0.970. The Bertz CT molecular complexity index is 375. The number of thioether (sulfide) groups is 1. The Morgan fingerprint density at radius 3 is 3.13 bits per heavy atom. The first-order valence-electron chi connectivity index (χ1n) is 5.08. The van der Waals surface area contributed by atoms with Crippen LogP contribution in [0.2, 0.25) is 0 Å². The summed E-state index contributed by atoms with van der Waals surface area (Å²) < 4.78 is 5.26. The fourth-order valence-corrected chi connectivity index (χ4v) is 2.42. The van der Waals surface area contributed by atoms with Gasteiger partial charge < -0.3 is 9.42 Å². The summed E-state index contributed by atoms with van der Waals surface area (Å²) in [6, 6.07) is 0. The van der Waals surface area contributed by atoms with Crippen LogP contribution >= 0.6 is 11.8 Å². The van der Waals surface area contributed by atoms with Crippen molar-refractivity contribution in [3.05, 3.63) is 11.3 Å². The minimum Gasteiger partial charge on any atom is -0.360 e. The van der Waals surface area contributed by atoms with Gasteiger partial charge in [-0.1, -0.05) is 12.1 Å². The molecule has 2 rings (SSSR count). The minimum absolute atomic E-state index is 0.120. The highest BCUT2D eigenvalue weighted by molar-refractivity contribution is 7.99. The molecule has 1 aliphatic rings. The van der Waals surface area contributed by atoms with Crippen molar-refractivity contribution in [1.29, 1.82) is 0 Å². The zero-order valence-corrected chi connectivity index (χ0v) is 9.76. The molecule has 0 bridgehead atoms. The van der Waals surface area contributed by atoms with Gasteiger partial charge in [-0.05, 0) is 5.75 Å². The van der Waals surface area contributed by atoms with Crippen molar-refractivity contribution in [2.24, 2.45) is 0 Å². The van der Waals surface area contributed by atoms with Gasteiger partial charge >= 0.3 is 0 Å². The molecule has 0 saturated carbocycles. The number of carbonyl (C=O) groups is 1. The van der Waals surface area contributed by atoms with E-state index in [1.165, 1.54) is 0 Å². The van der Waals surface area contributed by atoms with Crippen LogP contribution in [-0.2, 0) is 17.8 Å². The Morgan fingerprint density at radius 1 is 1.67 bits per heavy atom. The molecule has 1 aromatic rings. The topological polar surface area (TPSA) is 46.3 Å². The molecule has 0 fully saturated rings. The van der Waals surface area contributed by atoms with Crippen LogP contribution in [0, 0.1) is 0 Å². The van der Waals surface area contributed by atoms with Gasteiger partial charge in [-0.2, -0.15) is 0 Å². The maximum Gasteiger partial charge on any atom is 0.219 e. The van der Waals surface area contributed by atoms with Crippen molar-refractivity contribution in [2.45, 2.75) is 31.8 Å². The van der Waals surface area contributed by atoms with E-state index in [0.29, 0.717) is 6.54 Å². The standard InChI is InChI=1S/C10H14N2O2S/c1-3-15-10-8-6-12(7(2)13)5-4-9(8)14-11-10/h3-6H2,1-2H3. The van der Waals surface area contributed by atoms with Crippen LogP contribution in [0.4, 0.5) is 0 Å². The summed E-state index contributed by atoms with van der Waals surface area (Å²) in [6.45, 7) is 5.08. The van der Waals surface area contributed by atoms with Crippen LogP contribution in [0.15, 0.2) is 9.55 Å². The van der Waals surface area contributed by atoms with Gasteiger partial charge in [0.05, 0.1) is 6.54 Å². The van der Waals surface area contributed by atoms with Gasteiger partial charge in [-0.15, -0.1) is 11.8 Å². The molecule has 1 amide bonds. The summed E-state index contributed by atoms with van der Waals surface area (Å²) in [7, 11) is 0. The van der Waals surface area contributed by atoms with Crippen molar-refractivity contribution in [1.82, 2.24) is 10.1 Å². The van der Waals surface area contributed by atoms with E-state index in [4.69, 9.17) is 4.52 Å². The highest BCUT2D eigenvalue weighted by Gasteiger charge is 2.25. The number of amides is 1. The lowest BCUT2D eigenvalue weighted by Gasteiger charge is -2.24. The normalized spacial score (nSPS) is 15.2. The van der Waals surface area contributed by atoms with Gasteiger partial charge in [0.15, 0.2) is 0 Å². The molecule has 2 heterocycles. The van der Waals surface area contributed by atoms with Gasteiger partial charge in [0, 0.05) is 25.5 Å². The molecule has 82 valence electrons. The zero-order valence-electron chi connectivity index (χ0n) is 8.95. The number of hydrogen-bond acceptors (Lipinski definition) is 4. The molecule has 0 spiro atoms. The van der Waals surface area contributed by atoms with E-state index in [2.05, 4.69) is 12.1 Å². The number of hydrogen-bond donors (Lipinski definition) is 0. The van der Waals surface area contributed by atoms with Crippen molar-refractivity contribution in [3.63, 3.8) is 0 Å². The Kier molecular flexibility index (Phi) is 3.00. The van der Waals surface area contributed by atoms with Crippen molar-refractivity contribution >= 4 is 17.7 Å². The first kappa shape index (κ1) is 10.5. The van der Waals surface area contributed by atoms with Crippen molar-refractivity contribution in [2.75, 3.05) is 12.3 Å². The van der Waals surface area contributed by atoms with Gasteiger partial charge in [-0.25, -0.2) is 0 Å². The zero-order chi connectivity index (χ0) is 10.8. The van der Waals surface area contributed by atoms with Crippen LogP contribution in [0.5, 0.6) is 0 Å². The summed E-state index contributed by atoms with van der Waals surface area (Å²) >= 11 is 1.67. The Balaban J connectivity index is 2.22. The predicted octanol–water partition coefficient (Wildman–Crippen LogP) is 1.69. The van der Waals surface area contributed by atoms with Gasteiger partial charge in [0.1, 0.15) is 10.8 Å². The van der Waals surface area contributed by atoms with E-state index in [0.717, 1.165) is 35.1 Å². The Labute approximate surface area is 93.0 Å². The molecule has 0 aliphatic carbocycles. The highest BCUT2D eigenvalue weighted by Crippen LogP contribution is 2.28. The van der Waals surface area contributed by atoms with Gasteiger partial charge in [0.25, 0.3) is 0 Å². The third-order valence-electron chi connectivity index (χ3n) is 2.52. The lowest BCUT2D eigenvalue weighted by atomic mass is 10.1. The number of carbonyl (C=O) groups excluding carboxylic acids is 1. The monoisotopic (exact) mass is 226 g/mol. The molecule has 5 heteroatoms. The van der Waals surface area contributed by atoms with Gasteiger partial charge in [0.2, 0.25) is 5.91 Å². The largest absolute Gasteiger partial charge is 0.360 e. The second kappa shape index (κ2) is 4.26. The third kappa shape index (κ3) is 2.02. The Morgan fingerprint density at radius 2 is 2.47 bits per heavy atom. The number of nitrogens with zero attached hydrogens (tertiary/aromatic N) is 2. The van der Waals surface area contributed by atoms with Gasteiger partial charge in [-0.3, -0.25) is 4.79 Å². The smallest absolute Gasteiger partial charge is 0.219 e. The molecule has 1 aromatic heterocycles. The molecule has 1 aliphatic heterocycles. The van der Waals surface area contributed by atoms with Crippen LogP contribution in [0.1, 0.15) is 25.2 Å². The molecule has 0 atom stereocenters. The molecule has 15 heavy (non-hydrogen) atoms. The van der Waals surface area contributed by atoms with E-state index in [9.17, 15) is 4.79 Å². The lowest BCUT2D eigenvalue weighted by Crippen LogP contribution is -2.33. The third-order valence-corrected chi connectivity index (χ3v) is 3.40. The second-order valence-electron chi connectivity index (χ2n) is 3.51. The predicted molar refractivity (Wildman–Crippen MR) is 57.7 cm³/mol. The van der Waals surface area contributed by atoms with Crippen molar-refractivity contribution < 1.29 is 9.32 Å². The van der Waals surface area contributed by atoms with E-state index in [-0.39, 0.29) is 5.91 Å². The first-order valence-corrected chi connectivity index (χ1v) is 6.06. The van der Waals surface area contributed by atoms with E-state index >= 15 is 0 Å². The van der Waals surface area contributed by atoms with E-state index in [1.807, 2.05) is 4.90 Å². The van der Waals surface area contributed by atoms with Crippen molar-refractivity contribution in [3.8, 4) is 0 Å². The summed E-state index contributed by atoms with van der Waals surface area (Å²) in [5.41, 5.74) is 1.10. The molecule has 0 N–H and O–H groups in total. The summed E-state index contributed by atoms with van der Waals surface area (Å²) in [6.07, 6.45) is 0.784. The highest BCUT2D eigenvalue weighted by atomic mass is 32.2. The number of rotatable bonds is 2. The van der Waals surface area contributed by atoms with E-state index in [1.54, 1.807) is 18.7 Å². The fraction of sp³-hybridized carbons (Fsp3) is 0.600. The number of aromatic nitrogens is 1. The average Bonchev–Trinajstić information content (AvgIpc) is 2.61. The maximum atomic E-state index is 11.3. The van der Waals surface area contributed by atoms with Crippen LogP contribution in [0.3, 0.4) is 0 Å². The second-order valence-corrected chi connectivity index (χ2v) is 4.77. The van der Waals surface area contributed by atoms with Crippen LogP contribution in [-0.4, -0.2) is 28.3 Å². The first-order chi connectivity index (χ1) is 7.22. The quantitative estimate of drug-likeness (QED) is 0.720. The fourth-order valence-electron chi connectivity index (χ4n) is 1.70. The number of fused-ring (bicyclic) bond motifs is 1. The molecule has 0 unspecified atom stereocenters. The van der Waals surface area contributed by atoms with Crippen LogP contribution < -0.4 is 0 Å². The lowest BCUT2D eigenvalue weighted by molar-refractivity contribution is -0.129. The maximum absolute atomic E-state index is 11.3. The molecule has 0 saturated heterocycles. The van der Waals surface area contributed by atoms with Crippen LogP contribution in [0.25, 0.3) is 0 Å². The summed E-state index contributed by atoms with van der Waals surface area (Å²) in [5.74, 6) is 2.04. The molecule has 0 aromatic carbocycles. The minimum atomic E-state index is 0.120. The average molecular weight is 226 g/mol. The molecule has 0 radical (unpaired) electrons. The molecule has 4 nitrogen and oxygen atoms in total. The summed E-state index contributed by atoms with van der Waals surface area (Å²) in [5, 5.41) is 4.97. The van der Waals surface area contributed by atoms with E-state index < -0.39 is 0 Å². The summed E-state index contributed by atoms with van der Waals surface area (Å²) in [4.78, 5) is 13.1.